The van der Waals surface area contributed by atoms with Crippen LogP contribution in [-0.4, -0.2) is 49.7 Å². The predicted molar refractivity (Wildman–Crippen MR) is 110 cm³/mol. The second kappa shape index (κ2) is 9.21. The molecule has 1 aromatic heterocycles. The molecule has 9 heteroatoms. The van der Waals surface area contributed by atoms with Crippen molar-refractivity contribution in [3.8, 4) is 0 Å². The molecule has 1 aliphatic heterocycles. The van der Waals surface area contributed by atoms with Gasteiger partial charge < -0.3 is 10.3 Å². The Labute approximate surface area is 173 Å². The highest BCUT2D eigenvalue weighted by molar-refractivity contribution is 7.99. The van der Waals surface area contributed by atoms with E-state index < -0.39 is 0 Å². The molecule has 0 saturated carbocycles. The number of primary amides is 1. The van der Waals surface area contributed by atoms with Gasteiger partial charge >= 0.3 is 0 Å². The van der Waals surface area contributed by atoms with E-state index in [0.717, 1.165) is 17.5 Å². The van der Waals surface area contributed by atoms with Crippen molar-refractivity contribution in [2.24, 2.45) is 11.7 Å². The molecule has 0 aliphatic carbocycles. The first-order valence-corrected chi connectivity index (χ1v) is 10.7. The third kappa shape index (κ3) is 4.84. The van der Waals surface area contributed by atoms with E-state index in [9.17, 15) is 14.4 Å². The molecule has 0 fully saturated rings. The van der Waals surface area contributed by atoms with Crippen molar-refractivity contribution in [3.05, 3.63) is 41.2 Å². The van der Waals surface area contributed by atoms with Crippen LogP contribution in [0, 0.1) is 5.92 Å². The number of fused-ring (bicyclic) bond motifs is 1. The van der Waals surface area contributed by atoms with Crippen molar-refractivity contribution in [1.29, 1.82) is 0 Å². The fourth-order valence-corrected chi connectivity index (χ4v) is 4.11. The van der Waals surface area contributed by atoms with Gasteiger partial charge in [0, 0.05) is 31.7 Å². The van der Waals surface area contributed by atoms with Crippen molar-refractivity contribution >= 4 is 29.5 Å². The highest BCUT2D eigenvalue weighted by Gasteiger charge is 2.34. The van der Waals surface area contributed by atoms with Crippen LogP contribution in [0.4, 0.5) is 0 Å². The van der Waals surface area contributed by atoms with Crippen LogP contribution in [0.1, 0.15) is 53.2 Å². The van der Waals surface area contributed by atoms with Crippen LogP contribution >= 0.6 is 11.8 Å². The van der Waals surface area contributed by atoms with Crippen molar-refractivity contribution < 1.29 is 14.4 Å². The number of aromatic nitrogens is 3. The lowest BCUT2D eigenvalue weighted by Gasteiger charge is -2.14. The second-order valence-electron chi connectivity index (χ2n) is 7.38. The van der Waals surface area contributed by atoms with E-state index in [2.05, 4.69) is 24.0 Å². The lowest BCUT2D eigenvalue weighted by Crippen LogP contribution is -2.31. The average Bonchev–Trinajstić information content (AvgIpc) is 3.16. The maximum Gasteiger partial charge on any atom is 0.261 e. The molecule has 3 amide bonds. The van der Waals surface area contributed by atoms with Gasteiger partial charge in [-0.3, -0.25) is 19.3 Å². The lowest BCUT2D eigenvalue weighted by molar-refractivity contribution is -0.118. The molecule has 1 aromatic carbocycles. The van der Waals surface area contributed by atoms with Crippen LogP contribution < -0.4 is 5.73 Å². The Kier molecular flexibility index (Phi) is 6.68. The Morgan fingerprint density at radius 1 is 1.14 bits per heavy atom. The number of aryl methyl sites for hydroxylation is 1. The first-order valence-electron chi connectivity index (χ1n) is 9.67. The Morgan fingerprint density at radius 2 is 1.79 bits per heavy atom. The van der Waals surface area contributed by atoms with Gasteiger partial charge in [-0.25, -0.2) is 0 Å². The molecule has 0 saturated heterocycles. The number of benzene rings is 1. The van der Waals surface area contributed by atoms with E-state index in [4.69, 9.17) is 5.73 Å². The topological polar surface area (TPSA) is 111 Å². The van der Waals surface area contributed by atoms with Gasteiger partial charge in [0.1, 0.15) is 5.82 Å². The highest BCUT2D eigenvalue weighted by atomic mass is 32.2. The van der Waals surface area contributed by atoms with Gasteiger partial charge in [-0.2, -0.15) is 0 Å². The monoisotopic (exact) mass is 415 g/mol. The van der Waals surface area contributed by atoms with Gasteiger partial charge in [0.25, 0.3) is 11.8 Å². The SMILES string of the molecule is CC(C)Cn1c(CCC(N)=O)nnc1SCCCN1C(=O)c2ccccc2C1=O. The number of amides is 3. The number of carbonyl (C=O) groups excluding carboxylic acids is 3. The number of carbonyl (C=O) groups is 3. The average molecular weight is 416 g/mol. The Bertz CT molecular complexity index is 890. The molecule has 2 heterocycles. The van der Waals surface area contributed by atoms with E-state index >= 15 is 0 Å². The minimum Gasteiger partial charge on any atom is -0.370 e. The fraction of sp³-hybridized carbons (Fsp3) is 0.450. The van der Waals surface area contributed by atoms with Crippen LogP contribution in [0.25, 0.3) is 0 Å². The number of thioether (sulfide) groups is 1. The molecular formula is C20H25N5O3S. The highest BCUT2D eigenvalue weighted by Crippen LogP contribution is 2.24. The summed E-state index contributed by atoms with van der Waals surface area (Å²) >= 11 is 1.54. The molecule has 0 unspecified atom stereocenters. The molecule has 3 rings (SSSR count). The number of rotatable bonds is 10. The van der Waals surface area contributed by atoms with Crippen molar-refractivity contribution in [2.75, 3.05) is 12.3 Å². The quantitative estimate of drug-likeness (QED) is 0.361. The normalized spacial score (nSPS) is 13.4. The van der Waals surface area contributed by atoms with Crippen molar-refractivity contribution in [2.45, 2.75) is 44.8 Å². The molecule has 154 valence electrons. The minimum atomic E-state index is -0.362. The van der Waals surface area contributed by atoms with Gasteiger partial charge in [0.15, 0.2) is 5.16 Å². The van der Waals surface area contributed by atoms with Crippen LogP contribution in [0.15, 0.2) is 29.4 Å². The maximum atomic E-state index is 12.4. The summed E-state index contributed by atoms with van der Waals surface area (Å²) in [7, 11) is 0. The number of hydrogen-bond acceptors (Lipinski definition) is 6. The zero-order valence-electron chi connectivity index (χ0n) is 16.6. The van der Waals surface area contributed by atoms with Crippen molar-refractivity contribution in [1.82, 2.24) is 19.7 Å². The summed E-state index contributed by atoms with van der Waals surface area (Å²) in [6.07, 6.45) is 1.35. The second-order valence-corrected chi connectivity index (χ2v) is 8.44. The van der Waals surface area contributed by atoms with E-state index in [-0.39, 0.29) is 24.1 Å². The van der Waals surface area contributed by atoms with E-state index in [0.29, 0.717) is 42.2 Å². The molecule has 0 spiro atoms. The summed E-state index contributed by atoms with van der Waals surface area (Å²) < 4.78 is 2.03. The van der Waals surface area contributed by atoms with Crippen LogP contribution in [0.2, 0.25) is 0 Å². The van der Waals surface area contributed by atoms with E-state index in [1.54, 1.807) is 24.3 Å². The third-order valence-corrected chi connectivity index (χ3v) is 5.62. The zero-order chi connectivity index (χ0) is 21.0. The van der Waals surface area contributed by atoms with Gasteiger partial charge in [-0.05, 0) is 24.5 Å². The number of nitrogens with zero attached hydrogens (tertiary/aromatic N) is 4. The largest absolute Gasteiger partial charge is 0.370 e. The van der Waals surface area contributed by atoms with Gasteiger partial charge in [-0.1, -0.05) is 37.7 Å². The summed E-state index contributed by atoms with van der Waals surface area (Å²) in [5, 5.41) is 9.25. The van der Waals surface area contributed by atoms with Gasteiger partial charge in [-0.15, -0.1) is 10.2 Å². The van der Waals surface area contributed by atoms with Crippen LogP contribution in [-0.2, 0) is 17.8 Å². The van der Waals surface area contributed by atoms with Gasteiger partial charge in [0.2, 0.25) is 5.91 Å². The third-order valence-electron chi connectivity index (χ3n) is 4.57. The minimum absolute atomic E-state index is 0.229. The summed E-state index contributed by atoms with van der Waals surface area (Å²) in [4.78, 5) is 37.2. The lowest BCUT2D eigenvalue weighted by atomic mass is 10.1. The standard InChI is InChI=1S/C20H25N5O3S/c1-13(2)12-25-17(9-8-16(21)26)22-23-20(25)29-11-5-10-24-18(27)14-6-3-4-7-15(14)19(24)28/h3-4,6-7,13H,5,8-12H2,1-2H3,(H2,21,26). The molecular weight excluding hydrogens is 390 g/mol. The smallest absolute Gasteiger partial charge is 0.261 e. The zero-order valence-corrected chi connectivity index (χ0v) is 17.4. The number of imide groups is 1. The van der Waals surface area contributed by atoms with Crippen LogP contribution in [0.3, 0.4) is 0 Å². The maximum absolute atomic E-state index is 12.4. The number of nitrogens with two attached hydrogens (primary N) is 1. The molecule has 0 atom stereocenters. The predicted octanol–water partition coefficient (Wildman–Crippen LogP) is 2.13. The molecule has 2 aromatic rings. The summed E-state index contributed by atoms with van der Waals surface area (Å²) in [5.74, 6) is 1.02. The Balaban J connectivity index is 1.57. The number of hydrogen-bond donors (Lipinski definition) is 1. The van der Waals surface area contributed by atoms with Crippen LogP contribution in [0.5, 0.6) is 0 Å². The van der Waals surface area contributed by atoms with Gasteiger partial charge in [0.05, 0.1) is 11.1 Å². The first kappa shape index (κ1) is 21.0. The van der Waals surface area contributed by atoms with E-state index in [1.165, 1.54) is 16.7 Å². The molecule has 1 aliphatic rings. The summed E-state index contributed by atoms with van der Waals surface area (Å²) in [5.41, 5.74) is 6.20. The Morgan fingerprint density at radius 3 is 2.38 bits per heavy atom. The summed E-state index contributed by atoms with van der Waals surface area (Å²) in [6.45, 7) is 5.33. The van der Waals surface area contributed by atoms with Crippen molar-refractivity contribution in [3.63, 3.8) is 0 Å². The molecule has 0 radical (unpaired) electrons. The fourth-order valence-electron chi connectivity index (χ4n) is 3.22. The molecule has 8 nitrogen and oxygen atoms in total. The molecule has 29 heavy (non-hydrogen) atoms. The first-order chi connectivity index (χ1) is 13.9. The molecule has 0 bridgehead atoms. The van der Waals surface area contributed by atoms with E-state index in [1.807, 2.05) is 4.57 Å². The summed E-state index contributed by atoms with van der Waals surface area (Å²) in [6, 6.07) is 6.90. The Hall–Kier alpha value is -2.68. The molecule has 2 N–H and O–H groups in total.